The molecule has 1 amide bonds. The van der Waals surface area contributed by atoms with E-state index in [0.717, 1.165) is 16.7 Å². The van der Waals surface area contributed by atoms with Crippen molar-refractivity contribution in [1.82, 2.24) is 4.90 Å². The number of carbonyl (C=O) groups is 1. The van der Waals surface area contributed by atoms with Gasteiger partial charge >= 0.3 is 0 Å². The molecular formula is C22H18ClNO3. The number of aliphatic hydroxyl groups is 1. The number of aliphatic hydroxyl groups excluding tert-OH is 1. The lowest BCUT2D eigenvalue weighted by Gasteiger charge is -2.26. The number of furan rings is 1. The largest absolute Gasteiger partial charge is 0.503 e. The highest BCUT2D eigenvalue weighted by Gasteiger charge is 2.41. The number of hydrogen-bond acceptors (Lipinski definition) is 3. The van der Waals surface area contributed by atoms with Crippen LogP contribution in [-0.4, -0.2) is 15.9 Å². The third-order valence-electron chi connectivity index (χ3n) is 4.76. The molecule has 136 valence electrons. The molecule has 4 nitrogen and oxygen atoms in total. The molecule has 4 rings (SSSR count). The van der Waals surface area contributed by atoms with Gasteiger partial charge < -0.3 is 14.4 Å². The molecule has 2 heterocycles. The molecule has 0 fully saturated rings. The van der Waals surface area contributed by atoms with Crippen LogP contribution in [0.2, 0.25) is 5.02 Å². The second kappa shape index (κ2) is 6.97. The van der Waals surface area contributed by atoms with Gasteiger partial charge in [0.25, 0.3) is 5.91 Å². The quantitative estimate of drug-likeness (QED) is 0.669. The number of amides is 1. The van der Waals surface area contributed by atoms with Crippen molar-refractivity contribution in [2.75, 3.05) is 0 Å². The van der Waals surface area contributed by atoms with E-state index in [4.69, 9.17) is 16.0 Å². The van der Waals surface area contributed by atoms with Crippen LogP contribution in [0.25, 0.3) is 5.57 Å². The molecule has 27 heavy (non-hydrogen) atoms. The first-order chi connectivity index (χ1) is 13.0. The van der Waals surface area contributed by atoms with E-state index < -0.39 is 11.9 Å². The van der Waals surface area contributed by atoms with Crippen molar-refractivity contribution < 1.29 is 14.3 Å². The smallest absolute Gasteiger partial charge is 0.290 e. The van der Waals surface area contributed by atoms with E-state index in [9.17, 15) is 9.90 Å². The van der Waals surface area contributed by atoms with Crippen molar-refractivity contribution in [2.24, 2.45) is 0 Å². The topological polar surface area (TPSA) is 53.7 Å². The fourth-order valence-corrected chi connectivity index (χ4v) is 3.53. The molecule has 1 aliphatic rings. The van der Waals surface area contributed by atoms with Gasteiger partial charge in [-0.05, 0) is 42.3 Å². The number of nitrogens with zero attached hydrogens (tertiary/aromatic N) is 1. The number of hydrogen-bond donors (Lipinski definition) is 1. The lowest BCUT2D eigenvalue weighted by atomic mass is 9.93. The van der Waals surface area contributed by atoms with E-state index in [-0.39, 0.29) is 12.3 Å². The minimum Gasteiger partial charge on any atom is -0.503 e. The summed E-state index contributed by atoms with van der Waals surface area (Å²) in [6.07, 6.45) is 1.57. The van der Waals surface area contributed by atoms with Gasteiger partial charge in [-0.1, -0.05) is 53.6 Å². The molecule has 2 aromatic carbocycles. The van der Waals surface area contributed by atoms with Crippen molar-refractivity contribution >= 4 is 23.1 Å². The first-order valence-corrected chi connectivity index (χ1v) is 9.01. The molecule has 0 radical (unpaired) electrons. The highest BCUT2D eigenvalue weighted by molar-refractivity contribution is 6.30. The number of carbonyl (C=O) groups excluding carboxylic acids is 1. The maximum Gasteiger partial charge on any atom is 0.290 e. The maximum atomic E-state index is 12.9. The molecule has 0 unspecified atom stereocenters. The first kappa shape index (κ1) is 17.4. The Kier molecular flexibility index (Phi) is 4.50. The highest BCUT2D eigenvalue weighted by atomic mass is 35.5. The third-order valence-corrected chi connectivity index (χ3v) is 5.01. The van der Waals surface area contributed by atoms with Crippen LogP contribution in [-0.2, 0) is 11.3 Å². The van der Waals surface area contributed by atoms with E-state index >= 15 is 0 Å². The monoisotopic (exact) mass is 379 g/mol. The average Bonchev–Trinajstić information content (AvgIpc) is 3.26. The molecule has 0 aliphatic carbocycles. The Morgan fingerprint density at radius 1 is 1.07 bits per heavy atom. The van der Waals surface area contributed by atoms with E-state index in [2.05, 4.69) is 0 Å². The van der Waals surface area contributed by atoms with E-state index in [1.807, 2.05) is 49.4 Å². The summed E-state index contributed by atoms with van der Waals surface area (Å²) in [6, 6.07) is 18.3. The van der Waals surface area contributed by atoms with Crippen molar-refractivity contribution in [3.8, 4) is 0 Å². The van der Waals surface area contributed by atoms with Gasteiger partial charge in [0.2, 0.25) is 0 Å². The molecule has 0 saturated heterocycles. The number of halogens is 1. The van der Waals surface area contributed by atoms with Gasteiger partial charge in [-0.2, -0.15) is 0 Å². The molecule has 1 aromatic heterocycles. The molecule has 5 heteroatoms. The fraction of sp³-hybridized carbons (Fsp3) is 0.136. The first-order valence-electron chi connectivity index (χ1n) is 8.63. The number of benzene rings is 2. The molecule has 0 saturated carbocycles. The Labute approximate surface area is 162 Å². The van der Waals surface area contributed by atoms with Crippen molar-refractivity contribution in [2.45, 2.75) is 19.5 Å². The van der Waals surface area contributed by atoms with Crippen molar-refractivity contribution in [1.29, 1.82) is 0 Å². The summed E-state index contributed by atoms with van der Waals surface area (Å²) in [5.74, 6) is 0.00699. The Balaban J connectivity index is 1.82. The summed E-state index contributed by atoms with van der Waals surface area (Å²) in [6.45, 7) is 2.26. The summed E-state index contributed by atoms with van der Waals surface area (Å²) in [7, 11) is 0. The lowest BCUT2D eigenvalue weighted by molar-refractivity contribution is -0.130. The summed E-state index contributed by atoms with van der Waals surface area (Å²) in [5.41, 5.74) is 3.39. The Morgan fingerprint density at radius 2 is 1.78 bits per heavy atom. The molecule has 3 aromatic rings. The van der Waals surface area contributed by atoms with Crippen LogP contribution in [0.15, 0.2) is 77.1 Å². The van der Waals surface area contributed by atoms with Crippen LogP contribution in [0.1, 0.15) is 28.5 Å². The fourth-order valence-electron chi connectivity index (χ4n) is 3.41. The normalized spacial score (nSPS) is 17.0. The van der Waals surface area contributed by atoms with E-state index in [1.165, 1.54) is 0 Å². The van der Waals surface area contributed by atoms with Gasteiger partial charge in [0, 0.05) is 10.6 Å². The number of rotatable bonds is 4. The van der Waals surface area contributed by atoms with Crippen LogP contribution in [0.4, 0.5) is 0 Å². The second-order valence-electron chi connectivity index (χ2n) is 6.59. The zero-order valence-corrected chi connectivity index (χ0v) is 15.5. The van der Waals surface area contributed by atoms with Gasteiger partial charge in [0.05, 0.1) is 18.8 Å². The van der Waals surface area contributed by atoms with Gasteiger partial charge in [-0.25, -0.2) is 0 Å². The van der Waals surface area contributed by atoms with Crippen molar-refractivity contribution in [3.05, 3.63) is 100 Å². The van der Waals surface area contributed by atoms with Gasteiger partial charge in [-0.15, -0.1) is 0 Å². The van der Waals surface area contributed by atoms with E-state index in [0.29, 0.717) is 16.4 Å². The summed E-state index contributed by atoms with van der Waals surface area (Å²) in [5, 5.41) is 11.3. The molecule has 0 spiro atoms. The highest BCUT2D eigenvalue weighted by Crippen LogP contribution is 2.43. The third kappa shape index (κ3) is 3.24. The molecular weight excluding hydrogens is 362 g/mol. The minimum absolute atomic E-state index is 0.231. The average molecular weight is 380 g/mol. The van der Waals surface area contributed by atoms with Gasteiger partial charge in [0.1, 0.15) is 5.76 Å². The van der Waals surface area contributed by atoms with Crippen LogP contribution in [0.5, 0.6) is 0 Å². The summed E-state index contributed by atoms with van der Waals surface area (Å²) < 4.78 is 5.42. The molecule has 1 N–H and O–H groups in total. The maximum absolute atomic E-state index is 12.9. The minimum atomic E-state index is -0.428. The van der Waals surface area contributed by atoms with E-state index in [1.54, 1.807) is 29.4 Å². The van der Waals surface area contributed by atoms with Crippen LogP contribution in [0.3, 0.4) is 0 Å². The standard InChI is InChI=1S/C22H18ClNO3/c1-14-4-6-15(7-5-14)19-20(16-8-10-17(23)11-9-16)24(22(26)21(19)25)13-18-3-2-12-27-18/h2-12,20,25H,13H2,1H3/t20-/m1/s1. The van der Waals surface area contributed by atoms with Crippen molar-refractivity contribution in [3.63, 3.8) is 0 Å². The second-order valence-corrected chi connectivity index (χ2v) is 7.03. The summed E-state index contributed by atoms with van der Waals surface area (Å²) >= 11 is 6.04. The zero-order chi connectivity index (χ0) is 19.0. The predicted octanol–water partition coefficient (Wildman–Crippen LogP) is 5.29. The predicted molar refractivity (Wildman–Crippen MR) is 104 cm³/mol. The number of aryl methyl sites for hydroxylation is 1. The zero-order valence-electron chi connectivity index (χ0n) is 14.7. The molecule has 1 atom stereocenters. The Morgan fingerprint density at radius 3 is 2.41 bits per heavy atom. The Bertz CT molecular complexity index is 989. The van der Waals surface area contributed by atoms with Gasteiger partial charge in [-0.3, -0.25) is 4.79 Å². The van der Waals surface area contributed by atoms with Crippen LogP contribution in [0, 0.1) is 6.92 Å². The lowest BCUT2D eigenvalue weighted by Crippen LogP contribution is -2.29. The van der Waals surface area contributed by atoms with Crippen LogP contribution < -0.4 is 0 Å². The Hall–Kier alpha value is -2.98. The van der Waals surface area contributed by atoms with Crippen LogP contribution >= 0.6 is 11.6 Å². The molecule has 0 bridgehead atoms. The summed E-state index contributed by atoms with van der Waals surface area (Å²) in [4.78, 5) is 14.5. The SMILES string of the molecule is Cc1ccc(C2=C(O)C(=O)N(Cc3ccco3)[C@@H]2c2ccc(Cl)cc2)cc1. The van der Waals surface area contributed by atoms with Gasteiger partial charge in [0.15, 0.2) is 5.76 Å². The molecule has 1 aliphatic heterocycles.